The second-order valence-corrected chi connectivity index (χ2v) is 5.16. The van der Waals surface area contributed by atoms with E-state index in [1.54, 1.807) is 0 Å². The molecule has 0 radical (unpaired) electrons. The van der Waals surface area contributed by atoms with Gasteiger partial charge in [0, 0.05) is 18.7 Å². The SMILES string of the molecule is CC(C)c1nc2cccnc2n1C1CCCCO1. The molecular weight excluding hydrogens is 226 g/mol. The molecule has 2 aromatic heterocycles. The second kappa shape index (κ2) is 4.69. The van der Waals surface area contributed by atoms with E-state index in [2.05, 4.69) is 23.4 Å². The molecule has 96 valence electrons. The fourth-order valence-corrected chi connectivity index (χ4v) is 2.57. The van der Waals surface area contributed by atoms with Crippen LogP contribution in [-0.4, -0.2) is 21.1 Å². The number of hydrogen-bond donors (Lipinski definition) is 0. The first-order valence-corrected chi connectivity index (χ1v) is 6.72. The number of aromatic nitrogens is 3. The normalized spacial score (nSPS) is 20.7. The van der Waals surface area contributed by atoms with Crippen molar-refractivity contribution in [3.05, 3.63) is 24.2 Å². The lowest BCUT2D eigenvalue weighted by molar-refractivity contribution is -0.0317. The quantitative estimate of drug-likeness (QED) is 0.815. The predicted molar refractivity (Wildman–Crippen MR) is 70.5 cm³/mol. The molecule has 1 aliphatic heterocycles. The number of hydrogen-bond acceptors (Lipinski definition) is 3. The second-order valence-electron chi connectivity index (χ2n) is 5.16. The minimum atomic E-state index is 0.107. The summed E-state index contributed by atoms with van der Waals surface area (Å²) in [5.74, 6) is 1.46. The molecule has 0 aromatic carbocycles. The van der Waals surface area contributed by atoms with Crippen molar-refractivity contribution < 1.29 is 4.74 Å². The highest BCUT2D eigenvalue weighted by Gasteiger charge is 2.23. The van der Waals surface area contributed by atoms with Crippen LogP contribution in [0.25, 0.3) is 11.2 Å². The first-order valence-electron chi connectivity index (χ1n) is 6.72. The van der Waals surface area contributed by atoms with Crippen LogP contribution >= 0.6 is 0 Å². The van der Waals surface area contributed by atoms with Gasteiger partial charge in [0.1, 0.15) is 17.6 Å². The minimum Gasteiger partial charge on any atom is -0.358 e. The molecule has 3 heterocycles. The molecule has 1 atom stereocenters. The molecule has 1 saturated heterocycles. The summed E-state index contributed by atoms with van der Waals surface area (Å²) in [6, 6.07) is 3.96. The summed E-state index contributed by atoms with van der Waals surface area (Å²) in [6.07, 6.45) is 5.37. The zero-order valence-electron chi connectivity index (χ0n) is 11.0. The smallest absolute Gasteiger partial charge is 0.162 e. The largest absolute Gasteiger partial charge is 0.358 e. The third-order valence-electron chi connectivity index (χ3n) is 3.44. The first-order chi connectivity index (χ1) is 8.77. The van der Waals surface area contributed by atoms with E-state index in [4.69, 9.17) is 9.72 Å². The number of ether oxygens (including phenoxy) is 1. The molecule has 0 saturated carbocycles. The van der Waals surface area contributed by atoms with Crippen LogP contribution < -0.4 is 0 Å². The third kappa shape index (κ3) is 1.90. The predicted octanol–water partition coefficient (Wildman–Crippen LogP) is 3.25. The van der Waals surface area contributed by atoms with Gasteiger partial charge >= 0.3 is 0 Å². The van der Waals surface area contributed by atoms with E-state index in [0.29, 0.717) is 5.92 Å². The lowest BCUT2D eigenvalue weighted by Gasteiger charge is -2.26. The van der Waals surface area contributed by atoms with Crippen LogP contribution in [0.2, 0.25) is 0 Å². The summed E-state index contributed by atoms with van der Waals surface area (Å²) in [6.45, 7) is 5.18. The summed E-state index contributed by atoms with van der Waals surface area (Å²) in [7, 11) is 0. The van der Waals surface area contributed by atoms with E-state index in [1.807, 2.05) is 18.3 Å². The van der Waals surface area contributed by atoms with Crippen molar-refractivity contribution in [2.75, 3.05) is 6.61 Å². The zero-order valence-corrected chi connectivity index (χ0v) is 11.0. The van der Waals surface area contributed by atoms with Crippen molar-refractivity contribution in [3.63, 3.8) is 0 Å². The van der Waals surface area contributed by atoms with Gasteiger partial charge in [-0.1, -0.05) is 13.8 Å². The Bertz CT molecular complexity index is 541. The fraction of sp³-hybridized carbons (Fsp3) is 0.571. The molecule has 4 nitrogen and oxygen atoms in total. The highest BCUT2D eigenvalue weighted by atomic mass is 16.5. The van der Waals surface area contributed by atoms with Gasteiger partial charge in [-0.25, -0.2) is 9.97 Å². The number of imidazole rings is 1. The Labute approximate surface area is 107 Å². The van der Waals surface area contributed by atoms with E-state index >= 15 is 0 Å². The maximum Gasteiger partial charge on any atom is 0.162 e. The summed E-state index contributed by atoms with van der Waals surface area (Å²) in [4.78, 5) is 9.19. The molecule has 0 aliphatic carbocycles. The van der Waals surface area contributed by atoms with Crippen molar-refractivity contribution in [2.24, 2.45) is 0 Å². The zero-order chi connectivity index (χ0) is 12.5. The molecular formula is C14H19N3O. The van der Waals surface area contributed by atoms with Crippen LogP contribution in [0, 0.1) is 0 Å². The Morgan fingerprint density at radius 2 is 2.28 bits per heavy atom. The Morgan fingerprint density at radius 1 is 1.39 bits per heavy atom. The van der Waals surface area contributed by atoms with Crippen molar-refractivity contribution >= 4 is 11.2 Å². The molecule has 18 heavy (non-hydrogen) atoms. The van der Waals surface area contributed by atoms with E-state index in [9.17, 15) is 0 Å². The molecule has 1 aliphatic rings. The van der Waals surface area contributed by atoms with Crippen LogP contribution in [-0.2, 0) is 4.74 Å². The van der Waals surface area contributed by atoms with Crippen molar-refractivity contribution in [1.29, 1.82) is 0 Å². The van der Waals surface area contributed by atoms with Crippen LogP contribution in [0.3, 0.4) is 0 Å². The maximum atomic E-state index is 5.90. The molecule has 0 amide bonds. The fourth-order valence-electron chi connectivity index (χ4n) is 2.57. The highest BCUT2D eigenvalue weighted by molar-refractivity contribution is 5.71. The monoisotopic (exact) mass is 245 g/mol. The van der Waals surface area contributed by atoms with Gasteiger partial charge in [-0.2, -0.15) is 0 Å². The average molecular weight is 245 g/mol. The summed E-state index contributed by atoms with van der Waals surface area (Å²) >= 11 is 0. The number of rotatable bonds is 2. The van der Waals surface area contributed by atoms with Gasteiger partial charge in [0.15, 0.2) is 5.65 Å². The third-order valence-corrected chi connectivity index (χ3v) is 3.44. The lowest BCUT2D eigenvalue weighted by Crippen LogP contribution is -2.20. The number of pyridine rings is 1. The Balaban J connectivity index is 2.14. The molecule has 1 unspecified atom stereocenters. The van der Waals surface area contributed by atoms with E-state index < -0.39 is 0 Å². The van der Waals surface area contributed by atoms with Gasteiger partial charge in [-0.15, -0.1) is 0 Å². The van der Waals surface area contributed by atoms with Gasteiger partial charge in [0.25, 0.3) is 0 Å². The minimum absolute atomic E-state index is 0.107. The molecule has 0 N–H and O–H groups in total. The van der Waals surface area contributed by atoms with Gasteiger partial charge < -0.3 is 4.74 Å². The van der Waals surface area contributed by atoms with Crippen LogP contribution in [0.1, 0.15) is 51.1 Å². The molecule has 2 aromatic rings. The molecule has 0 spiro atoms. The van der Waals surface area contributed by atoms with Gasteiger partial charge in [-0.05, 0) is 31.4 Å². The molecule has 1 fully saturated rings. The van der Waals surface area contributed by atoms with E-state index in [0.717, 1.165) is 36.4 Å². The number of nitrogens with zero attached hydrogens (tertiary/aromatic N) is 3. The van der Waals surface area contributed by atoms with E-state index in [1.165, 1.54) is 6.42 Å². The van der Waals surface area contributed by atoms with Crippen LogP contribution in [0.4, 0.5) is 0 Å². The van der Waals surface area contributed by atoms with Crippen molar-refractivity contribution in [1.82, 2.24) is 14.5 Å². The molecule has 0 bridgehead atoms. The lowest BCUT2D eigenvalue weighted by atomic mass is 10.1. The standard InChI is InChI=1S/C14H19N3O/c1-10(2)13-16-11-6-5-8-15-14(11)17(13)12-7-3-4-9-18-12/h5-6,8,10,12H,3-4,7,9H2,1-2H3. The number of fused-ring (bicyclic) bond motifs is 1. The highest BCUT2D eigenvalue weighted by Crippen LogP contribution is 2.30. The Hall–Kier alpha value is -1.42. The summed E-state index contributed by atoms with van der Waals surface area (Å²) in [5, 5.41) is 0. The summed E-state index contributed by atoms with van der Waals surface area (Å²) < 4.78 is 8.10. The Kier molecular flexibility index (Phi) is 3.04. The van der Waals surface area contributed by atoms with Gasteiger partial charge in [0.2, 0.25) is 0 Å². The van der Waals surface area contributed by atoms with Crippen LogP contribution in [0.5, 0.6) is 0 Å². The summed E-state index contributed by atoms with van der Waals surface area (Å²) in [5.41, 5.74) is 1.92. The van der Waals surface area contributed by atoms with E-state index in [-0.39, 0.29) is 6.23 Å². The van der Waals surface area contributed by atoms with Crippen molar-refractivity contribution in [3.8, 4) is 0 Å². The maximum absolute atomic E-state index is 5.90. The van der Waals surface area contributed by atoms with Gasteiger partial charge in [0.05, 0.1) is 0 Å². The van der Waals surface area contributed by atoms with Crippen LogP contribution in [0.15, 0.2) is 18.3 Å². The van der Waals surface area contributed by atoms with Gasteiger partial charge in [-0.3, -0.25) is 4.57 Å². The Morgan fingerprint density at radius 3 is 3.00 bits per heavy atom. The molecule has 3 rings (SSSR count). The molecule has 4 heteroatoms. The first kappa shape index (κ1) is 11.7. The topological polar surface area (TPSA) is 39.9 Å². The van der Waals surface area contributed by atoms with Crippen molar-refractivity contribution in [2.45, 2.75) is 45.3 Å². The average Bonchev–Trinajstić information content (AvgIpc) is 2.79.